The third kappa shape index (κ3) is 4.29. The van der Waals surface area contributed by atoms with E-state index in [0.29, 0.717) is 25.6 Å². The molecule has 19 heavy (non-hydrogen) atoms. The van der Waals surface area contributed by atoms with Crippen LogP contribution in [0.3, 0.4) is 0 Å². The van der Waals surface area contributed by atoms with Gasteiger partial charge in [-0.3, -0.25) is 4.68 Å². The molecule has 1 aliphatic heterocycles. The summed E-state index contributed by atoms with van der Waals surface area (Å²) in [6.45, 7) is 4.62. The van der Waals surface area contributed by atoms with Crippen molar-refractivity contribution in [3.8, 4) is 0 Å². The van der Waals surface area contributed by atoms with E-state index in [2.05, 4.69) is 16.7 Å². The van der Waals surface area contributed by atoms with E-state index >= 15 is 0 Å². The van der Waals surface area contributed by atoms with Crippen LogP contribution in [0.1, 0.15) is 26.2 Å². The topological polar surface area (TPSA) is 67.2 Å². The smallest absolute Gasteiger partial charge is 0.273 e. The monoisotopic (exact) mass is 286 g/mol. The molecule has 0 saturated carbocycles. The minimum absolute atomic E-state index is 0.453. The fourth-order valence-corrected chi connectivity index (χ4v) is 3.47. The highest BCUT2D eigenvalue weighted by Gasteiger charge is 2.25. The summed E-state index contributed by atoms with van der Waals surface area (Å²) in [5, 5.41) is 4.08. The van der Waals surface area contributed by atoms with Crippen LogP contribution < -0.4 is 4.72 Å². The molecule has 0 amide bonds. The fourth-order valence-electron chi connectivity index (χ4n) is 2.19. The third-order valence-corrected chi connectivity index (χ3v) is 5.10. The molecule has 0 atom stereocenters. The second-order valence-electron chi connectivity index (χ2n) is 5.10. The molecule has 0 radical (unpaired) electrons. The predicted molar refractivity (Wildman–Crippen MR) is 73.7 cm³/mol. The first-order valence-corrected chi connectivity index (χ1v) is 8.24. The normalized spacial score (nSPS) is 18.8. The molecule has 1 fully saturated rings. The number of piperidine rings is 1. The Bertz CT molecular complexity index is 464. The summed E-state index contributed by atoms with van der Waals surface area (Å²) in [5.74, 6) is 0.631. The van der Waals surface area contributed by atoms with Crippen LogP contribution in [0.4, 0.5) is 0 Å². The molecular formula is C12H22N4O2S. The third-order valence-electron chi connectivity index (χ3n) is 3.49. The summed E-state index contributed by atoms with van der Waals surface area (Å²) < 4.78 is 30.1. The lowest BCUT2D eigenvalue weighted by Gasteiger charge is -2.29. The highest BCUT2D eigenvalue weighted by Crippen LogP contribution is 2.17. The molecule has 0 unspecified atom stereocenters. The van der Waals surface area contributed by atoms with Gasteiger partial charge in [0.1, 0.15) is 0 Å². The lowest BCUT2D eigenvalue weighted by molar-refractivity contribution is 0.285. The van der Waals surface area contributed by atoms with E-state index in [1.807, 2.05) is 12.3 Å². The zero-order chi connectivity index (χ0) is 13.7. The molecule has 7 heteroatoms. The Morgan fingerprint density at radius 3 is 2.74 bits per heavy atom. The second kappa shape index (κ2) is 6.49. The highest BCUT2D eigenvalue weighted by atomic mass is 32.2. The van der Waals surface area contributed by atoms with Crippen LogP contribution in [0.5, 0.6) is 0 Å². The van der Waals surface area contributed by atoms with Crippen molar-refractivity contribution in [1.82, 2.24) is 18.8 Å². The molecule has 6 nitrogen and oxygen atoms in total. The number of nitrogens with one attached hydrogen (secondary N) is 1. The van der Waals surface area contributed by atoms with Gasteiger partial charge >= 0.3 is 0 Å². The largest absolute Gasteiger partial charge is 0.279 e. The van der Waals surface area contributed by atoms with Crippen LogP contribution >= 0.6 is 0 Å². The van der Waals surface area contributed by atoms with Crippen LogP contribution in [0.25, 0.3) is 0 Å². The van der Waals surface area contributed by atoms with Gasteiger partial charge in [0.05, 0.1) is 0 Å². The van der Waals surface area contributed by atoms with E-state index in [1.54, 1.807) is 15.2 Å². The SMILES string of the molecule is CC1CCN(S(=O)(=O)NCCCn2cccn2)CC1. The fraction of sp³-hybridized carbons (Fsp3) is 0.750. The van der Waals surface area contributed by atoms with Gasteiger partial charge in [0.25, 0.3) is 10.2 Å². The minimum atomic E-state index is -3.29. The molecule has 1 N–H and O–H groups in total. The van der Waals surface area contributed by atoms with Crippen LogP contribution in [0.2, 0.25) is 0 Å². The van der Waals surface area contributed by atoms with E-state index in [-0.39, 0.29) is 0 Å². The summed E-state index contributed by atoms with van der Waals surface area (Å²) in [4.78, 5) is 0. The zero-order valence-corrected chi connectivity index (χ0v) is 12.1. The second-order valence-corrected chi connectivity index (χ2v) is 6.86. The van der Waals surface area contributed by atoms with Crippen LogP contribution in [0, 0.1) is 5.92 Å². The van der Waals surface area contributed by atoms with Crippen molar-refractivity contribution in [3.05, 3.63) is 18.5 Å². The molecule has 1 aromatic heterocycles. The Labute approximate surface area is 115 Å². The summed E-state index contributed by atoms with van der Waals surface area (Å²) >= 11 is 0. The molecular weight excluding hydrogens is 264 g/mol. The average molecular weight is 286 g/mol. The Morgan fingerprint density at radius 2 is 2.11 bits per heavy atom. The molecule has 0 aromatic carbocycles. The minimum Gasteiger partial charge on any atom is -0.273 e. The summed E-state index contributed by atoms with van der Waals surface area (Å²) in [5.41, 5.74) is 0. The number of aromatic nitrogens is 2. The van der Waals surface area contributed by atoms with Crippen LogP contribution in [-0.4, -0.2) is 42.1 Å². The van der Waals surface area contributed by atoms with Crippen molar-refractivity contribution in [2.24, 2.45) is 5.92 Å². The lowest BCUT2D eigenvalue weighted by atomic mass is 10.0. The maximum Gasteiger partial charge on any atom is 0.279 e. The van der Waals surface area contributed by atoms with E-state index in [9.17, 15) is 8.42 Å². The lowest BCUT2D eigenvalue weighted by Crippen LogP contribution is -2.45. The van der Waals surface area contributed by atoms with Gasteiger partial charge in [-0.2, -0.15) is 17.8 Å². The molecule has 1 aromatic rings. The van der Waals surface area contributed by atoms with Gasteiger partial charge in [0.15, 0.2) is 0 Å². The molecule has 1 aliphatic rings. The van der Waals surface area contributed by atoms with Gasteiger partial charge < -0.3 is 0 Å². The van der Waals surface area contributed by atoms with E-state index in [4.69, 9.17) is 0 Å². The molecule has 1 saturated heterocycles. The van der Waals surface area contributed by atoms with Crippen molar-refractivity contribution in [1.29, 1.82) is 0 Å². The van der Waals surface area contributed by atoms with E-state index < -0.39 is 10.2 Å². The Morgan fingerprint density at radius 1 is 1.37 bits per heavy atom. The van der Waals surface area contributed by atoms with E-state index in [0.717, 1.165) is 25.8 Å². The van der Waals surface area contributed by atoms with Gasteiger partial charge in [0, 0.05) is 38.6 Å². The van der Waals surface area contributed by atoms with Gasteiger partial charge in [-0.05, 0) is 31.2 Å². The number of nitrogens with zero attached hydrogens (tertiary/aromatic N) is 3. The maximum atomic E-state index is 12.0. The molecule has 0 aliphatic carbocycles. The van der Waals surface area contributed by atoms with Gasteiger partial charge in [-0.25, -0.2) is 4.72 Å². The molecule has 0 spiro atoms. The molecule has 2 heterocycles. The van der Waals surface area contributed by atoms with Gasteiger partial charge in [-0.15, -0.1) is 0 Å². The van der Waals surface area contributed by atoms with Gasteiger partial charge in [-0.1, -0.05) is 6.92 Å². The van der Waals surface area contributed by atoms with Crippen molar-refractivity contribution < 1.29 is 8.42 Å². The first kappa shape index (κ1) is 14.5. The van der Waals surface area contributed by atoms with Gasteiger partial charge in [0.2, 0.25) is 0 Å². The standard InChI is InChI=1S/C12H22N4O2S/c1-12-4-10-16(11-5-12)19(17,18)14-7-3-9-15-8-2-6-13-15/h2,6,8,12,14H,3-5,7,9-11H2,1H3. The Hall–Kier alpha value is -0.920. The number of aryl methyl sites for hydroxylation is 1. The number of hydrogen-bond donors (Lipinski definition) is 1. The highest BCUT2D eigenvalue weighted by molar-refractivity contribution is 7.87. The quantitative estimate of drug-likeness (QED) is 0.788. The summed E-state index contributed by atoms with van der Waals surface area (Å²) in [6, 6.07) is 1.86. The number of rotatable bonds is 6. The summed E-state index contributed by atoms with van der Waals surface area (Å²) in [6.07, 6.45) is 6.24. The molecule has 2 rings (SSSR count). The van der Waals surface area contributed by atoms with Crippen molar-refractivity contribution >= 4 is 10.2 Å². The summed E-state index contributed by atoms with van der Waals surface area (Å²) in [7, 11) is -3.29. The Kier molecular flexibility index (Phi) is 4.95. The van der Waals surface area contributed by atoms with E-state index in [1.165, 1.54) is 0 Å². The van der Waals surface area contributed by atoms with Crippen LogP contribution in [-0.2, 0) is 16.8 Å². The average Bonchev–Trinajstić information content (AvgIpc) is 2.88. The molecule has 108 valence electrons. The van der Waals surface area contributed by atoms with Crippen molar-refractivity contribution in [2.45, 2.75) is 32.7 Å². The first-order valence-electron chi connectivity index (χ1n) is 6.80. The van der Waals surface area contributed by atoms with Crippen molar-refractivity contribution in [2.75, 3.05) is 19.6 Å². The molecule has 0 bridgehead atoms. The number of hydrogen-bond acceptors (Lipinski definition) is 3. The first-order chi connectivity index (χ1) is 9.08. The zero-order valence-electron chi connectivity index (χ0n) is 11.3. The Balaban J connectivity index is 1.72. The maximum absolute atomic E-state index is 12.0. The predicted octanol–water partition coefficient (Wildman–Crippen LogP) is 0.839. The van der Waals surface area contributed by atoms with Crippen molar-refractivity contribution in [3.63, 3.8) is 0 Å². The van der Waals surface area contributed by atoms with Crippen LogP contribution in [0.15, 0.2) is 18.5 Å².